The molecule has 6 nitrogen and oxygen atoms in total. The highest BCUT2D eigenvalue weighted by Gasteiger charge is 2.23. The quantitative estimate of drug-likeness (QED) is 0.263. The summed E-state index contributed by atoms with van der Waals surface area (Å²) in [6.45, 7) is 0. The molecule has 0 atom stereocenters. The third kappa shape index (κ3) is 3.46. The van der Waals surface area contributed by atoms with Gasteiger partial charge in [0.05, 0.1) is 25.3 Å². The molecule has 0 amide bonds. The summed E-state index contributed by atoms with van der Waals surface area (Å²) >= 11 is 0. The first-order chi connectivity index (χ1) is 16.1. The van der Waals surface area contributed by atoms with Crippen LogP contribution in [0.2, 0.25) is 0 Å². The van der Waals surface area contributed by atoms with E-state index in [9.17, 15) is 4.79 Å². The minimum atomic E-state index is -0.132. The van der Waals surface area contributed by atoms with Gasteiger partial charge in [-0.1, -0.05) is 54.6 Å². The number of methoxy groups -OCH3 is 2. The van der Waals surface area contributed by atoms with Gasteiger partial charge in [0.1, 0.15) is 11.4 Å². The standard InChI is InChI=1S/C27H23N3O3/c1-29-20-11-7-8-12-21(20)30-26(25(28-27(29)30)19-9-5-4-6-10-19)22(31)15-13-18-14-16-23(32-2)24(17-18)33-3/h4-17H,1-3H3. The topological polar surface area (TPSA) is 57.8 Å². The second-order valence-corrected chi connectivity index (χ2v) is 7.67. The number of benzene rings is 3. The highest BCUT2D eigenvalue weighted by molar-refractivity contribution is 6.11. The monoisotopic (exact) mass is 437 g/mol. The van der Waals surface area contributed by atoms with Crippen LogP contribution in [0.3, 0.4) is 0 Å². The van der Waals surface area contributed by atoms with Gasteiger partial charge in [0, 0.05) is 12.6 Å². The highest BCUT2D eigenvalue weighted by atomic mass is 16.5. The van der Waals surface area contributed by atoms with Crippen molar-refractivity contribution in [3.8, 4) is 22.8 Å². The molecule has 0 radical (unpaired) electrons. The van der Waals surface area contributed by atoms with Gasteiger partial charge >= 0.3 is 0 Å². The minimum Gasteiger partial charge on any atom is -0.493 e. The molecule has 6 heteroatoms. The van der Waals surface area contributed by atoms with Crippen molar-refractivity contribution in [1.29, 1.82) is 0 Å². The van der Waals surface area contributed by atoms with E-state index in [4.69, 9.17) is 14.5 Å². The molecule has 0 aliphatic carbocycles. The Labute approximate surface area is 191 Å². The van der Waals surface area contributed by atoms with Gasteiger partial charge in [-0.2, -0.15) is 0 Å². The number of hydrogen-bond donors (Lipinski definition) is 0. The predicted octanol–water partition coefficient (Wildman–Crippen LogP) is 5.41. The minimum absolute atomic E-state index is 0.132. The van der Waals surface area contributed by atoms with Crippen LogP contribution in [0.5, 0.6) is 11.5 Å². The fourth-order valence-corrected chi connectivity index (χ4v) is 4.14. The van der Waals surface area contributed by atoms with Crippen LogP contribution in [0.1, 0.15) is 16.1 Å². The molecule has 0 unspecified atom stereocenters. The molecule has 2 heterocycles. The molecule has 0 aliphatic heterocycles. The largest absolute Gasteiger partial charge is 0.493 e. The molecule has 0 saturated heterocycles. The molecular formula is C27H23N3O3. The molecule has 0 spiro atoms. The molecule has 0 saturated carbocycles. The van der Waals surface area contributed by atoms with Crippen LogP contribution in [-0.2, 0) is 7.05 Å². The van der Waals surface area contributed by atoms with Crippen molar-refractivity contribution >= 4 is 28.7 Å². The van der Waals surface area contributed by atoms with Crippen molar-refractivity contribution in [2.24, 2.45) is 7.05 Å². The summed E-state index contributed by atoms with van der Waals surface area (Å²) < 4.78 is 14.6. The van der Waals surface area contributed by atoms with E-state index in [1.165, 1.54) is 0 Å². The Morgan fingerprint density at radius 1 is 0.879 bits per heavy atom. The third-order valence-corrected chi connectivity index (χ3v) is 5.76. The zero-order valence-electron chi connectivity index (χ0n) is 18.6. The smallest absolute Gasteiger partial charge is 0.215 e. The van der Waals surface area contributed by atoms with E-state index in [1.54, 1.807) is 26.4 Å². The molecule has 0 bridgehead atoms. The summed E-state index contributed by atoms with van der Waals surface area (Å²) in [5, 5.41) is 0. The van der Waals surface area contributed by atoms with Gasteiger partial charge in [0.15, 0.2) is 11.5 Å². The lowest BCUT2D eigenvalue weighted by atomic mass is 10.1. The summed E-state index contributed by atoms with van der Waals surface area (Å²) in [5.41, 5.74) is 4.87. The van der Waals surface area contributed by atoms with E-state index in [1.807, 2.05) is 88.8 Å². The average molecular weight is 437 g/mol. The Hall–Kier alpha value is -4.32. The summed E-state index contributed by atoms with van der Waals surface area (Å²) in [7, 11) is 5.15. The lowest BCUT2D eigenvalue weighted by Gasteiger charge is -2.07. The van der Waals surface area contributed by atoms with Crippen LogP contribution in [0.15, 0.2) is 78.9 Å². The normalized spacial score (nSPS) is 11.5. The zero-order valence-corrected chi connectivity index (χ0v) is 18.6. The van der Waals surface area contributed by atoms with Gasteiger partial charge in [-0.3, -0.25) is 9.20 Å². The molecule has 164 valence electrons. The van der Waals surface area contributed by atoms with Crippen LogP contribution in [0.4, 0.5) is 0 Å². The number of para-hydroxylation sites is 2. The molecule has 0 N–H and O–H groups in total. The second kappa shape index (κ2) is 8.31. The van der Waals surface area contributed by atoms with Gasteiger partial charge in [0.2, 0.25) is 11.6 Å². The Balaban J connectivity index is 1.67. The van der Waals surface area contributed by atoms with Crippen molar-refractivity contribution in [2.45, 2.75) is 0 Å². The number of allylic oxidation sites excluding steroid dienone is 1. The maximum atomic E-state index is 13.6. The SMILES string of the molecule is COc1ccc(C=CC(=O)c2c(-c3ccccc3)nc3n(C)c4ccccc4n23)cc1OC. The van der Waals surface area contributed by atoms with Crippen LogP contribution in [0, 0.1) is 0 Å². The second-order valence-electron chi connectivity index (χ2n) is 7.67. The van der Waals surface area contributed by atoms with Crippen molar-refractivity contribution in [2.75, 3.05) is 14.2 Å². The lowest BCUT2D eigenvalue weighted by Crippen LogP contribution is -2.02. The molecule has 0 fully saturated rings. The van der Waals surface area contributed by atoms with Crippen LogP contribution in [-0.4, -0.2) is 34.0 Å². The number of aromatic nitrogens is 3. The van der Waals surface area contributed by atoms with Crippen LogP contribution in [0.25, 0.3) is 34.1 Å². The first-order valence-electron chi connectivity index (χ1n) is 10.6. The maximum absolute atomic E-state index is 13.6. The van der Waals surface area contributed by atoms with Crippen molar-refractivity contribution < 1.29 is 14.3 Å². The average Bonchev–Trinajstić information content (AvgIpc) is 3.39. The van der Waals surface area contributed by atoms with E-state index < -0.39 is 0 Å². The maximum Gasteiger partial charge on any atom is 0.215 e. The summed E-state index contributed by atoms with van der Waals surface area (Å²) in [6, 6.07) is 23.3. The van der Waals surface area contributed by atoms with Crippen molar-refractivity contribution in [1.82, 2.24) is 14.0 Å². The lowest BCUT2D eigenvalue weighted by molar-refractivity contribution is 0.104. The third-order valence-electron chi connectivity index (χ3n) is 5.76. The van der Waals surface area contributed by atoms with Crippen LogP contribution >= 0.6 is 0 Å². The molecule has 3 aromatic carbocycles. The van der Waals surface area contributed by atoms with Gasteiger partial charge in [-0.25, -0.2) is 4.98 Å². The van der Waals surface area contributed by atoms with E-state index in [0.717, 1.165) is 27.9 Å². The number of nitrogens with zero attached hydrogens (tertiary/aromatic N) is 3. The number of carbonyl (C=O) groups is 1. The van der Waals surface area contributed by atoms with Gasteiger partial charge in [-0.15, -0.1) is 0 Å². The number of ketones is 1. The number of hydrogen-bond acceptors (Lipinski definition) is 4. The molecule has 5 rings (SSSR count). The van der Waals surface area contributed by atoms with E-state index in [0.29, 0.717) is 22.9 Å². The zero-order chi connectivity index (χ0) is 22.9. The number of rotatable bonds is 6. The number of aryl methyl sites for hydroxylation is 1. The first kappa shape index (κ1) is 20.6. The van der Waals surface area contributed by atoms with E-state index in [-0.39, 0.29) is 5.78 Å². The molecule has 0 aliphatic rings. The Morgan fingerprint density at radius 2 is 1.58 bits per heavy atom. The highest BCUT2D eigenvalue weighted by Crippen LogP contribution is 2.31. The number of imidazole rings is 2. The van der Waals surface area contributed by atoms with Gasteiger partial charge in [0.25, 0.3) is 0 Å². The molecule has 2 aromatic heterocycles. The Kier molecular flexibility index (Phi) is 5.18. The summed E-state index contributed by atoms with van der Waals surface area (Å²) in [5.74, 6) is 1.84. The van der Waals surface area contributed by atoms with Crippen molar-refractivity contribution in [3.63, 3.8) is 0 Å². The first-order valence-corrected chi connectivity index (χ1v) is 10.6. The Bertz CT molecular complexity index is 1510. The molecule has 33 heavy (non-hydrogen) atoms. The predicted molar refractivity (Wildman–Crippen MR) is 130 cm³/mol. The summed E-state index contributed by atoms with van der Waals surface area (Å²) in [4.78, 5) is 18.5. The molecular weight excluding hydrogens is 414 g/mol. The van der Waals surface area contributed by atoms with Gasteiger partial charge < -0.3 is 14.0 Å². The number of carbonyl (C=O) groups excluding carboxylic acids is 1. The van der Waals surface area contributed by atoms with E-state index in [2.05, 4.69) is 0 Å². The van der Waals surface area contributed by atoms with Crippen molar-refractivity contribution in [3.05, 3.63) is 90.1 Å². The summed E-state index contributed by atoms with van der Waals surface area (Å²) in [6.07, 6.45) is 3.36. The van der Waals surface area contributed by atoms with Gasteiger partial charge in [-0.05, 0) is 35.9 Å². The molecule has 5 aromatic rings. The fourth-order valence-electron chi connectivity index (χ4n) is 4.14. The number of fused-ring (bicyclic) bond motifs is 3. The number of ether oxygens (including phenoxy) is 2. The Morgan fingerprint density at radius 3 is 2.30 bits per heavy atom. The van der Waals surface area contributed by atoms with E-state index >= 15 is 0 Å². The van der Waals surface area contributed by atoms with Crippen LogP contribution < -0.4 is 9.47 Å². The fraction of sp³-hybridized carbons (Fsp3) is 0.111.